The smallest absolute Gasteiger partial charge is 0.317 e. The Hall–Kier alpha value is -2.08. The van der Waals surface area contributed by atoms with Crippen LogP contribution in [0.25, 0.3) is 0 Å². The summed E-state index contributed by atoms with van der Waals surface area (Å²) in [5.41, 5.74) is 2.20. The van der Waals surface area contributed by atoms with Crippen molar-refractivity contribution in [1.29, 1.82) is 0 Å². The molecule has 1 aliphatic rings. The first-order chi connectivity index (χ1) is 11.2. The standard InChI is InChI=1S/C17H19BrN4O/c18-15-4-1-5-16(11-15)21-7-9-22(10-8-21)17(23)20-13-14-3-2-6-19-12-14/h1-6,11-12H,7-10,13H2,(H,20,23). The van der Waals surface area contributed by atoms with Gasteiger partial charge in [-0.15, -0.1) is 0 Å². The lowest BCUT2D eigenvalue weighted by Crippen LogP contribution is -2.51. The van der Waals surface area contributed by atoms with Crippen LogP contribution < -0.4 is 10.2 Å². The number of carbonyl (C=O) groups excluding carboxylic acids is 1. The monoisotopic (exact) mass is 374 g/mol. The van der Waals surface area contributed by atoms with Crippen molar-refractivity contribution < 1.29 is 4.79 Å². The topological polar surface area (TPSA) is 48.5 Å². The van der Waals surface area contributed by atoms with Gasteiger partial charge in [-0.05, 0) is 29.8 Å². The normalized spacial score (nSPS) is 14.7. The van der Waals surface area contributed by atoms with Crippen molar-refractivity contribution in [2.45, 2.75) is 6.54 Å². The van der Waals surface area contributed by atoms with Crippen LogP contribution in [0.1, 0.15) is 5.56 Å². The maximum atomic E-state index is 12.2. The Labute approximate surface area is 144 Å². The number of nitrogens with one attached hydrogen (secondary N) is 1. The number of amides is 2. The zero-order chi connectivity index (χ0) is 16.1. The van der Waals surface area contributed by atoms with E-state index in [0.717, 1.165) is 36.2 Å². The summed E-state index contributed by atoms with van der Waals surface area (Å²) in [6.45, 7) is 3.66. The third kappa shape index (κ3) is 4.22. The molecule has 1 saturated heterocycles. The van der Waals surface area contributed by atoms with E-state index in [-0.39, 0.29) is 6.03 Å². The molecule has 1 aromatic heterocycles. The summed E-state index contributed by atoms with van der Waals surface area (Å²) in [5, 5.41) is 2.95. The van der Waals surface area contributed by atoms with Gasteiger partial charge in [-0.3, -0.25) is 4.98 Å². The number of hydrogen-bond acceptors (Lipinski definition) is 3. The lowest BCUT2D eigenvalue weighted by atomic mass is 10.2. The predicted molar refractivity (Wildman–Crippen MR) is 94.4 cm³/mol. The van der Waals surface area contributed by atoms with Crippen LogP contribution in [0.5, 0.6) is 0 Å². The number of aromatic nitrogens is 1. The van der Waals surface area contributed by atoms with Gasteiger partial charge in [0.1, 0.15) is 0 Å². The highest BCUT2D eigenvalue weighted by molar-refractivity contribution is 9.10. The fourth-order valence-electron chi connectivity index (χ4n) is 2.63. The van der Waals surface area contributed by atoms with Crippen LogP contribution in [0.3, 0.4) is 0 Å². The van der Waals surface area contributed by atoms with Gasteiger partial charge in [-0.25, -0.2) is 4.79 Å². The number of pyridine rings is 1. The summed E-state index contributed by atoms with van der Waals surface area (Å²) in [6, 6.07) is 12.1. The number of anilines is 1. The number of piperazine rings is 1. The van der Waals surface area contributed by atoms with Gasteiger partial charge in [-0.2, -0.15) is 0 Å². The summed E-state index contributed by atoms with van der Waals surface area (Å²) in [6.07, 6.45) is 3.50. The SMILES string of the molecule is O=C(NCc1cccnc1)N1CCN(c2cccc(Br)c2)CC1. The van der Waals surface area contributed by atoms with Gasteiger partial charge in [0.2, 0.25) is 0 Å². The minimum atomic E-state index is -0.0113. The van der Waals surface area contributed by atoms with Gasteiger partial charge < -0.3 is 15.1 Å². The lowest BCUT2D eigenvalue weighted by molar-refractivity contribution is 0.194. The number of urea groups is 1. The number of benzene rings is 1. The van der Waals surface area contributed by atoms with E-state index in [1.165, 1.54) is 5.69 Å². The second kappa shape index (κ2) is 7.46. The second-order valence-electron chi connectivity index (χ2n) is 5.47. The van der Waals surface area contributed by atoms with Crippen LogP contribution in [0, 0.1) is 0 Å². The summed E-state index contributed by atoms with van der Waals surface area (Å²) in [5.74, 6) is 0. The molecule has 1 aromatic carbocycles. The Morgan fingerprint density at radius 2 is 2.00 bits per heavy atom. The third-order valence-corrected chi connectivity index (χ3v) is 4.40. The molecule has 0 radical (unpaired) electrons. The number of halogens is 1. The molecule has 0 saturated carbocycles. The average Bonchev–Trinajstić information content (AvgIpc) is 2.61. The molecule has 1 fully saturated rings. The molecule has 0 aliphatic carbocycles. The minimum absolute atomic E-state index is 0.0113. The number of nitrogens with zero attached hydrogens (tertiary/aromatic N) is 3. The van der Waals surface area contributed by atoms with Gasteiger partial charge >= 0.3 is 6.03 Å². The molecule has 1 N–H and O–H groups in total. The molecule has 5 nitrogen and oxygen atoms in total. The molecule has 2 heterocycles. The largest absolute Gasteiger partial charge is 0.368 e. The lowest BCUT2D eigenvalue weighted by Gasteiger charge is -2.36. The Kier molecular flexibility index (Phi) is 5.12. The quantitative estimate of drug-likeness (QED) is 0.898. The summed E-state index contributed by atoms with van der Waals surface area (Å²) in [7, 11) is 0. The van der Waals surface area contributed by atoms with Crippen molar-refractivity contribution in [2.75, 3.05) is 31.1 Å². The van der Waals surface area contributed by atoms with Gasteiger partial charge in [0.15, 0.2) is 0 Å². The number of rotatable bonds is 3. The molecule has 0 bridgehead atoms. The zero-order valence-electron chi connectivity index (χ0n) is 12.8. The van der Waals surface area contributed by atoms with E-state index in [0.29, 0.717) is 6.54 Å². The number of hydrogen-bond donors (Lipinski definition) is 1. The highest BCUT2D eigenvalue weighted by Gasteiger charge is 2.21. The molecule has 23 heavy (non-hydrogen) atoms. The van der Waals surface area contributed by atoms with Crippen molar-refractivity contribution in [1.82, 2.24) is 15.2 Å². The highest BCUT2D eigenvalue weighted by atomic mass is 79.9. The van der Waals surface area contributed by atoms with Gasteiger partial charge in [0, 0.05) is 55.3 Å². The first-order valence-electron chi connectivity index (χ1n) is 7.64. The summed E-state index contributed by atoms with van der Waals surface area (Å²) >= 11 is 3.50. The molecule has 1 aliphatic heterocycles. The van der Waals surface area contributed by atoms with Crippen molar-refractivity contribution in [3.8, 4) is 0 Å². The molecule has 0 spiro atoms. The van der Waals surface area contributed by atoms with Gasteiger partial charge in [-0.1, -0.05) is 28.1 Å². The molecule has 2 aromatic rings. The zero-order valence-corrected chi connectivity index (χ0v) is 14.4. The summed E-state index contributed by atoms with van der Waals surface area (Å²) < 4.78 is 1.08. The predicted octanol–water partition coefficient (Wildman–Crippen LogP) is 2.88. The van der Waals surface area contributed by atoms with E-state index < -0.39 is 0 Å². The Bertz CT molecular complexity index is 657. The van der Waals surface area contributed by atoms with E-state index >= 15 is 0 Å². The van der Waals surface area contributed by atoms with E-state index in [1.807, 2.05) is 29.2 Å². The Balaban J connectivity index is 1.49. The maximum Gasteiger partial charge on any atom is 0.317 e. The first-order valence-corrected chi connectivity index (χ1v) is 8.44. The van der Waals surface area contributed by atoms with E-state index in [1.54, 1.807) is 12.4 Å². The van der Waals surface area contributed by atoms with E-state index in [2.05, 4.69) is 43.3 Å². The third-order valence-electron chi connectivity index (χ3n) is 3.91. The van der Waals surface area contributed by atoms with E-state index in [9.17, 15) is 4.79 Å². The molecular weight excluding hydrogens is 356 g/mol. The molecule has 6 heteroatoms. The van der Waals surface area contributed by atoms with Gasteiger partial charge in [0.25, 0.3) is 0 Å². The first kappa shape index (κ1) is 15.8. The van der Waals surface area contributed by atoms with Crippen LogP contribution >= 0.6 is 15.9 Å². The van der Waals surface area contributed by atoms with Crippen molar-refractivity contribution in [2.24, 2.45) is 0 Å². The van der Waals surface area contributed by atoms with Crippen LogP contribution in [0.15, 0.2) is 53.3 Å². The van der Waals surface area contributed by atoms with Gasteiger partial charge in [0.05, 0.1) is 0 Å². The minimum Gasteiger partial charge on any atom is -0.368 e. The maximum absolute atomic E-state index is 12.2. The molecular formula is C17H19BrN4O. The van der Waals surface area contributed by atoms with Crippen LogP contribution in [0.4, 0.5) is 10.5 Å². The molecule has 120 valence electrons. The van der Waals surface area contributed by atoms with Crippen molar-refractivity contribution in [3.63, 3.8) is 0 Å². The highest BCUT2D eigenvalue weighted by Crippen LogP contribution is 2.21. The molecule has 2 amide bonds. The summed E-state index contributed by atoms with van der Waals surface area (Å²) in [4.78, 5) is 20.5. The molecule has 0 unspecified atom stereocenters. The number of carbonyl (C=O) groups is 1. The fraction of sp³-hybridized carbons (Fsp3) is 0.294. The van der Waals surface area contributed by atoms with Crippen LogP contribution in [-0.2, 0) is 6.54 Å². The van der Waals surface area contributed by atoms with Crippen LogP contribution in [-0.4, -0.2) is 42.1 Å². The van der Waals surface area contributed by atoms with Crippen molar-refractivity contribution >= 4 is 27.6 Å². The van der Waals surface area contributed by atoms with Crippen molar-refractivity contribution in [3.05, 3.63) is 58.8 Å². The fourth-order valence-corrected chi connectivity index (χ4v) is 3.02. The average molecular weight is 375 g/mol. The second-order valence-corrected chi connectivity index (χ2v) is 6.39. The van der Waals surface area contributed by atoms with E-state index in [4.69, 9.17) is 0 Å². The Morgan fingerprint density at radius 3 is 2.70 bits per heavy atom. The molecule has 0 atom stereocenters. The van der Waals surface area contributed by atoms with Crippen LogP contribution in [0.2, 0.25) is 0 Å². The Morgan fingerprint density at radius 1 is 1.17 bits per heavy atom. The molecule has 3 rings (SSSR count).